The van der Waals surface area contributed by atoms with Gasteiger partial charge in [0.05, 0.1) is 18.6 Å². The molecule has 0 amide bonds. The minimum atomic E-state index is -5.75. The van der Waals surface area contributed by atoms with Gasteiger partial charge in [0.15, 0.2) is 11.5 Å². The summed E-state index contributed by atoms with van der Waals surface area (Å²) in [7, 11) is -5.75. The number of imidazole rings is 1. The van der Waals surface area contributed by atoms with Crippen molar-refractivity contribution in [3.8, 4) is 11.5 Å². The number of hydrogen-bond donors (Lipinski definition) is 1. The highest BCUT2D eigenvalue weighted by Crippen LogP contribution is 2.68. The summed E-state index contributed by atoms with van der Waals surface area (Å²) in [6, 6.07) is 2.12. The molecule has 7 rings (SSSR count). The van der Waals surface area contributed by atoms with Crippen LogP contribution in [0.3, 0.4) is 0 Å². The smallest absolute Gasteiger partial charge is 0.395 e. The number of nitrogens with one attached hydrogen (secondary N) is 1. The van der Waals surface area contributed by atoms with Crippen molar-refractivity contribution in [2.45, 2.75) is 50.2 Å². The molecule has 184 valence electrons. The Labute approximate surface area is 190 Å². The molecule has 0 spiro atoms. The number of benzene rings is 1. The molecule has 0 saturated heterocycles. The zero-order chi connectivity index (χ0) is 24.1. The number of alkyl halides is 5. The SMILES string of the molecule is O=S(=O)(N1Cc2c(ccc3c2OC(F)(F)O3)N(Cc2cnc[nH]2)[C@@H](C23CC(C2)C3)C1)C(F)(F)F. The second kappa shape index (κ2) is 6.74. The maximum Gasteiger partial charge on any atom is 0.586 e. The minimum absolute atomic E-state index is 0.101. The van der Waals surface area contributed by atoms with Gasteiger partial charge in [-0.3, -0.25) is 0 Å². The fourth-order valence-corrected chi connectivity index (χ4v) is 6.66. The number of aromatic amines is 1. The first kappa shape index (κ1) is 21.9. The van der Waals surface area contributed by atoms with Crippen molar-refractivity contribution in [2.75, 3.05) is 11.4 Å². The van der Waals surface area contributed by atoms with Crippen molar-refractivity contribution in [1.82, 2.24) is 14.3 Å². The number of rotatable bonds is 4. The topological polar surface area (TPSA) is 87.8 Å². The molecule has 3 heterocycles. The van der Waals surface area contributed by atoms with E-state index >= 15 is 0 Å². The Balaban J connectivity index is 1.52. The molecule has 0 unspecified atom stereocenters. The molecule has 2 aliphatic heterocycles. The molecule has 1 atom stereocenters. The number of hydrogen-bond acceptors (Lipinski definition) is 6. The van der Waals surface area contributed by atoms with E-state index in [4.69, 9.17) is 0 Å². The first-order valence-corrected chi connectivity index (χ1v) is 12.0. The summed E-state index contributed by atoms with van der Waals surface area (Å²) in [5, 5.41) is 0. The van der Waals surface area contributed by atoms with Crippen LogP contribution in [0.5, 0.6) is 11.5 Å². The monoisotopic (exact) mass is 506 g/mol. The number of nitrogens with zero attached hydrogens (tertiary/aromatic N) is 3. The largest absolute Gasteiger partial charge is 0.586 e. The van der Waals surface area contributed by atoms with Gasteiger partial charge in [0.2, 0.25) is 0 Å². The number of ether oxygens (including phenoxy) is 2. The van der Waals surface area contributed by atoms with E-state index < -0.39 is 46.7 Å². The van der Waals surface area contributed by atoms with E-state index in [1.165, 1.54) is 18.5 Å². The number of halogens is 5. The van der Waals surface area contributed by atoms with Gasteiger partial charge in [0.25, 0.3) is 0 Å². The summed E-state index contributed by atoms with van der Waals surface area (Å²) in [5.74, 6) is -0.351. The highest BCUT2D eigenvalue weighted by atomic mass is 32.2. The Bertz CT molecular complexity index is 1230. The molecule has 3 saturated carbocycles. The molecular formula is C20H19F5N4O4S. The van der Waals surface area contributed by atoms with Gasteiger partial charge in [-0.15, -0.1) is 8.78 Å². The summed E-state index contributed by atoms with van der Waals surface area (Å²) < 4.78 is 103. The van der Waals surface area contributed by atoms with E-state index in [0.29, 0.717) is 21.6 Å². The molecule has 34 heavy (non-hydrogen) atoms. The van der Waals surface area contributed by atoms with E-state index in [9.17, 15) is 30.4 Å². The van der Waals surface area contributed by atoms with Gasteiger partial charge in [0.1, 0.15) is 0 Å². The Morgan fingerprint density at radius 1 is 1.18 bits per heavy atom. The van der Waals surface area contributed by atoms with Crippen molar-refractivity contribution in [3.63, 3.8) is 0 Å². The predicted octanol–water partition coefficient (Wildman–Crippen LogP) is 3.57. The van der Waals surface area contributed by atoms with Crippen LogP contribution in [0.2, 0.25) is 0 Å². The van der Waals surface area contributed by atoms with Crippen molar-refractivity contribution in [2.24, 2.45) is 11.3 Å². The summed E-state index contributed by atoms with van der Waals surface area (Å²) >= 11 is 0. The average molecular weight is 506 g/mol. The first-order valence-electron chi connectivity index (χ1n) is 10.6. The highest BCUT2D eigenvalue weighted by Gasteiger charge is 2.64. The highest BCUT2D eigenvalue weighted by molar-refractivity contribution is 7.89. The van der Waals surface area contributed by atoms with Crippen LogP contribution in [0, 0.1) is 11.3 Å². The second-order valence-electron chi connectivity index (χ2n) is 9.36. The van der Waals surface area contributed by atoms with Crippen molar-refractivity contribution in [1.29, 1.82) is 0 Å². The first-order chi connectivity index (χ1) is 15.9. The molecular weight excluding hydrogens is 487 g/mol. The van der Waals surface area contributed by atoms with Crippen LogP contribution in [-0.4, -0.2) is 47.1 Å². The lowest BCUT2D eigenvalue weighted by atomic mass is 9.41. The number of aromatic nitrogens is 2. The molecule has 3 fully saturated rings. The van der Waals surface area contributed by atoms with Crippen LogP contribution in [0.4, 0.5) is 27.6 Å². The van der Waals surface area contributed by atoms with Crippen molar-refractivity contribution in [3.05, 3.63) is 35.9 Å². The van der Waals surface area contributed by atoms with E-state index in [1.807, 2.05) is 0 Å². The quantitative estimate of drug-likeness (QED) is 0.639. The predicted molar refractivity (Wildman–Crippen MR) is 106 cm³/mol. The molecule has 0 radical (unpaired) electrons. The number of sulfonamides is 1. The molecule has 14 heteroatoms. The lowest BCUT2D eigenvalue weighted by Gasteiger charge is -2.67. The van der Waals surface area contributed by atoms with Gasteiger partial charge < -0.3 is 19.4 Å². The van der Waals surface area contributed by atoms with Crippen LogP contribution in [0.25, 0.3) is 0 Å². The lowest BCUT2D eigenvalue weighted by Crippen LogP contribution is -2.66. The molecule has 5 aliphatic rings. The maximum atomic E-state index is 13.9. The van der Waals surface area contributed by atoms with Gasteiger partial charge in [0, 0.05) is 36.6 Å². The standard InChI is InChI=1S/C20H19F5N4O4S/c21-19(22,23)34(30,31)28-8-13-14(1-2-15-17(13)33-20(24,25)32-15)29(7-12-6-26-10-27-12)16(9-28)18-3-11(4-18)5-18/h1-2,6,10-11,16H,3-5,7-9H2,(H,26,27)/t11?,16-,18?/m1/s1. The van der Waals surface area contributed by atoms with Crippen LogP contribution in [-0.2, 0) is 23.1 Å². The molecule has 1 aromatic carbocycles. The maximum absolute atomic E-state index is 13.9. The summed E-state index contributed by atoms with van der Waals surface area (Å²) in [6.45, 7) is -1.06. The molecule has 2 bridgehead atoms. The summed E-state index contributed by atoms with van der Waals surface area (Å²) in [6.07, 6.45) is 1.30. The van der Waals surface area contributed by atoms with Crippen LogP contribution < -0.4 is 14.4 Å². The Kier molecular flexibility index (Phi) is 4.34. The third-order valence-electron chi connectivity index (χ3n) is 7.37. The Morgan fingerprint density at radius 3 is 2.50 bits per heavy atom. The van der Waals surface area contributed by atoms with Crippen molar-refractivity contribution < 1.29 is 39.8 Å². The number of anilines is 1. The summed E-state index contributed by atoms with van der Waals surface area (Å²) in [4.78, 5) is 8.72. The van der Waals surface area contributed by atoms with Crippen LogP contribution >= 0.6 is 0 Å². The Morgan fingerprint density at radius 2 is 1.91 bits per heavy atom. The Hall–Kier alpha value is -2.61. The molecule has 3 aliphatic carbocycles. The van der Waals surface area contributed by atoms with Crippen molar-refractivity contribution >= 4 is 15.7 Å². The number of fused-ring (bicyclic) bond motifs is 3. The third-order valence-corrected chi connectivity index (χ3v) is 8.91. The number of H-pyrrole nitrogens is 1. The van der Waals surface area contributed by atoms with Crippen LogP contribution in [0.15, 0.2) is 24.7 Å². The van der Waals surface area contributed by atoms with E-state index in [1.54, 1.807) is 11.1 Å². The fourth-order valence-electron chi connectivity index (χ4n) is 5.74. The third kappa shape index (κ3) is 3.10. The fraction of sp³-hybridized carbons (Fsp3) is 0.550. The van der Waals surface area contributed by atoms with E-state index in [0.717, 1.165) is 19.3 Å². The van der Waals surface area contributed by atoms with Gasteiger partial charge in [-0.05, 0) is 42.7 Å². The zero-order valence-electron chi connectivity index (χ0n) is 17.5. The van der Waals surface area contributed by atoms with E-state index in [-0.39, 0.29) is 23.3 Å². The normalized spacial score (nSPS) is 29.7. The lowest BCUT2D eigenvalue weighted by molar-refractivity contribution is -0.287. The van der Waals surface area contributed by atoms with Crippen LogP contribution in [0.1, 0.15) is 30.5 Å². The van der Waals surface area contributed by atoms with E-state index in [2.05, 4.69) is 19.4 Å². The zero-order valence-corrected chi connectivity index (χ0v) is 18.3. The molecule has 1 aromatic heterocycles. The van der Waals surface area contributed by atoms with Gasteiger partial charge >= 0.3 is 21.8 Å². The average Bonchev–Trinajstić information content (AvgIpc) is 3.23. The summed E-state index contributed by atoms with van der Waals surface area (Å²) in [5.41, 5.74) is -5.04. The van der Waals surface area contributed by atoms with Gasteiger partial charge in [-0.2, -0.15) is 17.5 Å². The molecule has 8 nitrogen and oxygen atoms in total. The second-order valence-corrected chi connectivity index (χ2v) is 11.3. The molecule has 2 aromatic rings. The van der Waals surface area contributed by atoms with Gasteiger partial charge in [-0.1, -0.05) is 0 Å². The minimum Gasteiger partial charge on any atom is -0.395 e. The van der Waals surface area contributed by atoms with Gasteiger partial charge in [-0.25, -0.2) is 13.4 Å². The molecule has 1 N–H and O–H groups in total.